The van der Waals surface area contributed by atoms with Crippen LogP contribution in [0, 0.1) is 6.92 Å². The second-order valence-electron chi connectivity index (χ2n) is 9.45. The second kappa shape index (κ2) is 9.79. The van der Waals surface area contributed by atoms with Crippen molar-refractivity contribution in [1.82, 2.24) is 24.5 Å². The van der Waals surface area contributed by atoms with E-state index in [0.717, 1.165) is 58.3 Å². The molecule has 3 heterocycles. The Balaban J connectivity index is 1.44. The summed E-state index contributed by atoms with van der Waals surface area (Å²) in [5, 5.41) is 13.0. The summed E-state index contributed by atoms with van der Waals surface area (Å²) >= 11 is 3.03. The maximum atomic E-state index is 14.0. The Morgan fingerprint density at radius 2 is 1.92 bits per heavy atom. The number of benzene rings is 2. The highest BCUT2D eigenvalue weighted by atomic mass is 32.2. The predicted octanol–water partition coefficient (Wildman–Crippen LogP) is 5.08. The first kappa shape index (κ1) is 23.9. The molecule has 1 atom stereocenters. The van der Waals surface area contributed by atoms with Crippen LogP contribution < -0.4 is 10.9 Å². The Bertz CT molecular complexity index is 1690. The summed E-state index contributed by atoms with van der Waals surface area (Å²) in [4.78, 5) is 29.1. The zero-order chi connectivity index (χ0) is 25.5. The van der Waals surface area contributed by atoms with Crippen LogP contribution in [-0.4, -0.2) is 30.3 Å². The van der Waals surface area contributed by atoms with E-state index < -0.39 is 0 Å². The minimum atomic E-state index is -0.389. The molecule has 3 aromatic heterocycles. The summed E-state index contributed by atoms with van der Waals surface area (Å²) in [6, 6.07) is 17.7. The van der Waals surface area contributed by atoms with Crippen molar-refractivity contribution in [3.8, 4) is 5.69 Å². The summed E-state index contributed by atoms with van der Waals surface area (Å²) in [6.07, 6.45) is 4.12. The maximum Gasteiger partial charge on any atom is 0.268 e. The van der Waals surface area contributed by atoms with Gasteiger partial charge in [0.25, 0.3) is 5.56 Å². The van der Waals surface area contributed by atoms with Gasteiger partial charge in [-0.3, -0.25) is 9.59 Å². The molecule has 0 unspecified atom stereocenters. The van der Waals surface area contributed by atoms with Gasteiger partial charge in [0, 0.05) is 11.4 Å². The first-order chi connectivity index (χ1) is 18.0. The normalized spacial score (nSPS) is 14.1. The summed E-state index contributed by atoms with van der Waals surface area (Å²) in [5.74, 6) is 0.403. The van der Waals surface area contributed by atoms with Gasteiger partial charge in [-0.25, -0.2) is 8.97 Å². The number of nitrogens with zero attached hydrogens (tertiary/aromatic N) is 4. The number of thiophene rings is 1. The lowest BCUT2D eigenvalue weighted by Crippen LogP contribution is -2.30. The van der Waals surface area contributed by atoms with E-state index in [1.807, 2.05) is 72.8 Å². The molecule has 0 aliphatic heterocycles. The number of thioether (sulfide) groups is 1. The molecule has 188 valence electrons. The van der Waals surface area contributed by atoms with Crippen LogP contribution in [0.3, 0.4) is 0 Å². The summed E-state index contributed by atoms with van der Waals surface area (Å²) in [7, 11) is 0. The third-order valence-corrected chi connectivity index (χ3v) is 9.13. The van der Waals surface area contributed by atoms with Crippen molar-refractivity contribution >= 4 is 45.0 Å². The Morgan fingerprint density at radius 3 is 2.73 bits per heavy atom. The minimum Gasteiger partial charge on any atom is -0.351 e. The summed E-state index contributed by atoms with van der Waals surface area (Å²) < 4.78 is 3.65. The van der Waals surface area contributed by atoms with Gasteiger partial charge in [0.1, 0.15) is 4.83 Å². The SMILES string of the molecule is Cc1cccc(-n2c(=O)c3c4c(sc3n3c(S[C@@H](C)C(=O)NCc5ccccc5)nnc23)CCCC4)c1. The molecular weight excluding hydrogens is 502 g/mol. The lowest BCUT2D eigenvalue weighted by Gasteiger charge is -2.13. The number of aromatic nitrogens is 4. The molecule has 1 amide bonds. The Hall–Kier alpha value is -3.43. The van der Waals surface area contributed by atoms with Crippen LogP contribution in [0.1, 0.15) is 41.3 Å². The number of aryl methyl sites for hydroxylation is 3. The van der Waals surface area contributed by atoms with E-state index in [1.54, 1.807) is 15.9 Å². The largest absolute Gasteiger partial charge is 0.351 e. The van der Waals surface area contributed by atoms with Crippen LogP contribution in [0.2, 0.25) is 0 Å². The number of nitrogens with one attached hydrogen (secondary N) is 1. The number of amides is 1. The summed E-state index contributed by atoms with van der Waals surface area (Å²) in [6.45, 7) is 4.36. The Kier molecular flexibility index (Phi) is 6.34. The highest BCUT2D eigenvalue weighted by Gasteiger charge is 2.27. The van der Waals surface area contributed by atoms with Gasteiger partial charge in [-0.05, 0) is 68.4 Å². The quantitative estimate of drug-likeness (QED) is 0.310. The number of fused-ring (bicyclic) bond motifs is 5. The van der Waals surface area contributed by atoms with E-state index in [4.69, 9.17) is 0 Å². The van der Waals surface area contributed by atoms with E-state index in [1.165, 1.54) is 16.6 Å². The fraction of sp³-hybridized carbons (Fsp3) is 0.286. The minimum absolute atomic E-state index is 0.0508. The molecule has 7 nitrogen and oxygen atoms in total. The zero-order valence-corrected chi connectivity index (χ0v) is 22.4. The van der Waals surface area contributed by atoms with Gasteiger partial charge in [-0.15, -0.1) is 21.5 Å². The van der Waals surface area contributed by atoms with Crippen LogP contribution in [0.4, 0.5) is 0 Å². The third kappa shape index (κ3) is 4.36. The Labute approximate surface area is 222 Å². The van der Waals surface area contributed by atoms with Crippen molar-refractivity contribution < 1.29 is 4.79 Å². The molecule has 0 radical (unpaired) electrons. The van der Waals surface area contributed by atoms with E-state index in [9.17, 15) is 9.59 Å². The molecule has 0 fully saturated rings. The third-order valence-electron chi connectivity index (χ3n) is 6.81. The average Bonchev–Trinajstić information content (AvgIpc) is 3.49. The van der Waals surface area contributed by atoms with E-state index in [-0.39, 0.29) is 16.7 Å². The van der Waals surface area contributed by atoms with Gasteiger partial charge in [0.05, 0.1) is 16.3 Å². The average molecular weight is 530 g/mol. The lowest BCUT2D eigenvalue weighted by atomic mass is 9.97. The number of rotatable bonds is 6. The summed E-state index contributed by atoms with van der Waals surface area (Å²) in [5.41, 5.74) is 4.00. The molecular formula is C28H27N5O2S2. The van der Waals surface area contributed by atoms with Gasteiger partial charge in [-0.1, -0.05) is 54.2 Å². The predicted molar refractivity (Wildman–Crippen MR) is 149 cm³/mol. The molecule has 5 aromatic rings. The molecule has 1 aliphatic rings. The van der Waals surface area contributed by atoms with Crippen molar-refractivity contribution in [3.63, 3.8) is 0 Å². The molecule has 2 aromatic carbocycles. The highest BCUT2D eigenvalue weighted by molar-refractivity contribution is 8.00. The van der Waals surface area contributed by atoms with E-state index >= 15 is 0 Å². The fourth-order valence-electron chi connectivity index (χ4n) is 4.93. The van der Waals surface area contributed by atoms with Gasteiger partial charge < -0.3 is 5.32 Å². The van der Waals surface area contributed by atoms with Crippen LogP contribution >= 0.6 is 23.1 Å². The second-order valence-corrected chi connectivity index (χ2v) is 11.8. The molecule has 6 rings (SSSR count). The number of hydrogen-bond acceptors (Lipinski definition) is 6. The molecule has 0 saturated carbocycles. The van der Waals surface area contributed by atoms with Crippen LogP contribution in [0.15, 0.2) is 64.5 Å². The molecule has 37 heavy (non-hydrogen) atoms. The van der Waals surface area contributed by atoms with E-state index in [0.29, 0.717) is 17.5 Å². The van der Waals surface area contributed by atoms with Crippen molar-refractivity contribution in [1.29, 1.82) is 0 Å². The fourth-order valence-corrected chi connectivity index (χ4v) is 7.24. The van der Waals surface area contributed by atoms with Crippen molar-refractivity contribution in [3.05, 3.63) is 86.5 Å². The first-order valence-electron chi connectivity index (χ1n) is 12.5. The molecule has 9 heteroatoms. The number of hydrogen-bond donors (Lipinski definition) is 1. The van der Waals surface area contributed by atoms with Crippen LogP contribution in [0.25, 0.3) is 21.7 Å². The molecule has 1 aliphatic carbocycles. The molecule has 0 bridgehead atoms. The monoisotopic (exact) mass is 529 g/mol. The number of carbonyl (C=O) groups is 1. The topological polar surface area (TPSA) is 81.3 Å². The van der Waals surface area contributed by atoms with Crippen LogP contribution in [-0.2, 0) is 24.2 Å². The van der Waals surface area contributed by atoms with Gasteiger partial charge in [-0.2, -0.15) is 0 Å². The Morgan fingerprint density at radius 1 is 1.11 bits per heavy atom. The first-order valence-corrected chi connectivity index (χ1v) is 14.2. The zero-order valence-electron chi connectivity index (χ0n) is 20.7. The van der Waals surface area contributed by atoms with Gasteiger partial charge in [0.2, 0.25) is 11.7 Å². The maximum absolute atomic E-state index is 14.0. The van der Waals surface area contributed by atoms with Crippen molar-refractivity contribution in [2.24, 2.45) is 0 Å². The molecule has 1 N–H and O–H groups in total. The van der Waals surface area contributed by atoms with Crippen LogP contribution in [0.5, 0.6) is 0 Å². The van der Waals surface area contributed by atoms with Gasteiger partial charge in [0.15, 0.2) is 5.16 Å². The molecule has 0 spiro atoms. The van der Waals surface area contributed by atoms with Crippen molar-refractivity contribution in [2.45, 2.75) is 56.5 Å². The highest BCUT2D eigenvalue weighted by Crippen LogP contribution is 2.37. The van der Waals surface area contributed by atoms with Gasteiger partial charge >= 0.3 is 0 Å². The molecule has 0 saturated heterocycles. The smallest absolute Gasteiger partial charge is 0.268 e. The number of carbonyl (C=O) groups excluding carboxylic acids is 1. The standard InChI is InChI=1S/C28H27N5O2S2/c1-17-9-8-12-20(15-17)32-25(35)23-21-13-6-7-14-22(21)37-26(23)33-27(32)30-31-28(33)36-18(2)24(34)29-16-19-10-4-3-5-11-19/h3-5,8-12,15,18H,6-7,13-14,16H2,1-2H3,(H,29,34)/t18-/m0/s1. The van der Waals surface area contributed by atoms with Crippen molar-refractivity contribution in [2.75, 3.05) is 0 Å². The lowest BCUT2D eigenvalue weighted by molar-refractivity contribution is -0.120. The van der Waals surface area contributed by atoms with E-state index in [2.05, 4.69) is 15.5 Å².